The molecule has 0 aliphatic carbocycles. The van der Waals surface area contributed by atoms with Crippen LogP contribution in [0.15, 0.2) is 69.6 Å². The van der Waals surface area contributed by atoms with Gasteiger partial charge in [0.05, 0.1) is 18.1 Å². The summed E-state index contributed by atoms with van der Waals surface area (Å²) in [4.78, 5) is 1.97. The molecule has 0 spiro atoms. The number of benzene rings is 2. The molecule has 1 aromatic heterocycles. The van der Waals surface area contributed by atoms with Gasteiger partial charge in [0.25, 0.3) is 0 Å². The van der Waals surface area contributed by atoms with Crippen LogP contribution in [0.25, 0.3) is 11.3 Å². The van der Waals surface area contributed by atoms with Crippen molar-refractivity contribution in [3.8, 4) is 17.1 Å². The highest BCUT2D eigenvalue weighted by Gasteiger charge is 2.33. The maximum atomic E-state index is 12.1. The molecule has 1 aliphatic rings. The zero-order valence-corrected chi connectivity index (χ0v) is 21.0. The number of aliphatic hydroxyl groups is 1. The Balaban J connectivity index is 1.44. The third-order valence-electron chi connectivity index (χ3n) is 5.56. The number of hydrogen-bond acceptors (Lipinski definition) is 6. The van der Waals surface area contributed by atoms with E-state index in [1.165, 1.54) is 0 Å². The van der Waals surface area contributed by atoms with Crippen molar-refractivity contribution in [3.05, 3.63) is 75.9 Å². The molecule has 2 unspecified atom stereocenters. The Bertz CT molecular complexity index is 1180. The highest BCUT2D eigenvalue weighted by atomic mass is 79.9. The van der Waals surface area contributed by atoms with Gasteiger partial charge in [-0.1, -0.05) is 39.7 Å². The molecule has 33 heavy (non-hydrogen) atoms. The minimum atomic E-state index is -3.07. The number of aliphatic hydroxyl groups excluding tert-OH is 1. The molecule has 3 aromatic rings. The second-order valence-electron chi connectivity index (χ2n) is 8.18. The lowest BCUT2D eigenvalue weighted by atomic mass is 10.2. The first-order valence-electron chi connectivity index (χ1n) is 10.6. The van der Waals surface area contributed by atoms with E-state index in [1.54, 1.807) is 6.07 Å². The van der Waals surface area contributed by atoms with Crippen molar-refractivity contribution in [3.63, 3.8) is 0 Å². The molecule has 1 N–H and O–H groups in total. The second kappa shape index (κ2) is 10.6. The van der Waals surface area contributed by atoms with Crippen LogP contribution < -0.4 is 4.74 Å². The zero-order chi connectivity index (χ0) is 23.4. The first-order chi connectivity index (χ1) is 15.8. The maximum Gasteiger partial charge on any atom is 0.151 e. The fourth-order valence-corrected chi connectivity index (χ4v) is 6.13. The number of halogens is 2. The van der Waals surface area contributed by atoms with Crippen molar-refractivity contribution in [2.45, 2.75) is 25.1 Å². The van der Waals surface area contributed by atoms with Crippen LogP contribution in [0.1, 0.15) is 12.2 Å². The molecule has 0 saturated carbocycles. The van der Waals surface area contributed by atoms with Gasteiger partial charge in [-0.25, -0.2) is 8.42 Å². The molecule has 0 amide bonds. The maximum absolute atomic E-state index is 12.1. The Morgan fingerprint density at radius 2 is 1.97 bits per heavy atom. The fourth-order valence-electron chi connectivity index (χ4n) is 3.91. The molecule has 6 nitrogen and oxygen atoms in total. The summed E-state index contributed by atoms with van der Waals surface area (Å²) < 4.78 is 36.8. The van der Waals surface area contributed by atoms with Gasteiger partial charge < -0.3 is 14.3 Å². The van der Waals surface area contributed by atoms with Gasteiger partial charge in [0.1, 0.15) is 30.0 Å². The number of nitrogens with zero attached hydrogens (tertiary/aromatic N) is 1. The molecule has 1 fully saturated rings. The van der Waals surface area contributed by atoms with Gasteiger partial charge in [0.15, 0.2) is 9.84 Å². The normalized spacial score (nSPS) is 18.5. The van der Waals surface area contributed by atoms with Crippen molar-refractivity contribution in [1.29, 1.82) is 0 Å². The summed E-state index contributed by atoms with van der Waals surface area (Å²) in [5.41, 5.74) is 0.867. The molecule has 1 aliphatic heterocycles. The molecular formula is C24H25BrClNO5S. The molecule has 2 atom stereocenters. The van der Waals surface area contributed by atoms with Crippen LogP contribution in [0.4, 0.5) is 0 Å². The van der Waals surface area contributed by atoms with Gasteiger partial charge in [-0.2, -0.15) is 0 Å². The molecule has 1 saturated heterocycles. The minimum Gasteiger partial charge on any atom is -0.491 e. The van der Waals surface area contributed by atoms with E-state index in [9.17, 15) is 13.5 Å². The Morgan fingerprint density at radius 3 is 2.67 bits per heavy atom. The highest BCUT2D eigenvalue weighted by Crippen LogP contribution is 2.27. The van der Waals surface area contributed by atoms with Gasteiger partial charge >= 0.3 is 0 Å². The number of hydrogen-bond donors (Lipinski definition) is 1. The zero-order valence-electron chi connectivity index (χ0n) is 17.9. The number of sulfone groups is 1. The van der Waals surface area contributed by atoms with E-state index >= 15 is 0 Å². The molecule has 4 rings (SSSR count). The summed E-state index contributed by atoms with van der Waals surface area (Å²) in [5, 5.41) is 11.3. The second-order valence-corrected chi connectivity index (χ2v) is 11.8. The number of furan rings is 1. The average molecular weight is 555 g/mol. The molecular weight excluding hydrogens is 530 g/mol. The van der Waals surface area contributed by atoms with Gasteiger partial charge in [-0.15, -0.1) is 0 Å². The lowest BCUT2D eigenvalue weighted by Gasteiger charge is -2.29. The standard InChI is InChI=1S/C24H25BrClNO5S/c25-18-4-6-22(7-5-18)31-15-21(28)13-27(20-10-11-33(29,30)16-20)14-23-8-9-24(32-23)17-2-1-3-19(26)12-17/h1-9,12,20-21,28H,10-11,13-16H2. The van der Waals surface area contributed by atoms with Crippen LogP contribution in [0, 0.1) is 0 Å². The van der Waals surface area contributed by atoms with Crippen LogP contribution in [0.2, 0.25) is 5.02 Å². The molecule has 2 heterocycles. The van der Waals surface area contributed by atoms with Crippen LogP contribution >= 0.6 is 27.5 Å². The highest BCUT2D eigenvalue weighted by molar-refractivity contribution is 9.10. The van der Waals surface area contributed by atoms with Gasteiger partial charge in [-0.3, -0.25) is 4.90 Å². The van der Waals surface area contributed by atoms with Crippen molar-refractivity contribution >= 4 is 37.4 Å². The summed E-state index contributed by atoms with van der Waals surface area (Å²) in [6.45, 7) is 0.754. The van der Waals surface area contributed by atoms with E-state index in [-0.39, 0.29) is 30.7 Å². The summed E-state index contributed by atoms with van der Waals surface area (Å²) in [6, 6.07) is 18.3. The smallest absolute Gasteiger partial charge is 0.151 e. The van der Waals surface area contributed by atoms with Crippen molar-refractivity contribution in [2.75, 3.05) is 24.7 Å². The topological polar surface area (TPSA) is 80.0 Å². The fraction of sp³-hybridized carbons (Fsp3) is 0.333. The Hall–Kier alpha value is -1.84. The van der Waals surface area contributed by atoms with E-state index in [1.807, 2.05) is 59.5 Å². The summed E-state index contributed by atoms with van der Waals surface area (Å²) in [7, 11) is -3.07. The quantitative estimate of drug-likeness (QED) is 0.410. The number of ether oxygens (including phenoxy) is 1. The minimum absolute atomic E-state index is 0.0785. The van der Waals surface area contributed by atoms with E-state index in [0.29, 0.717) is 35.3 Å². The monoisotopic (exact) mass is 553 g/mol. The molecule has 9 heteroatoms. The van der Waals surface area contributed by atoms with Crippen molar-refractivity contribution in [1.82, 2.24) is 4.90 Å². The Labute approximate surface area is 207 Å². The first kappa shape index (κ1) is 24.3. The van der Waals surface area contributed by atoms with Crippen molar-refractivity contribution in [2.24, 2.45) is 0 Å². The molecule has 2 aromatic carbocycles. The van der Waals surface area contributed by atoms with Crippen molar-refractivity contribution < 1.29 is 22.7 Å². The number of rotatable bonds is 9. The van der Waals surface area contributed by atoms with Gasteiger partial charge in [-0.05, 0) is 55.0 Å². The van der Waals surface area contributed by atoms with Gasteiger partial charge in [0, 0.05) is 27.6 Å². The lowest BCUT2D eigenvalue weighted by molar-refractivity contribution is 0.0498. The molecule has 0 bridgehead atoms. The van der Waals surface area contributed by atoms with Crippen LogP contribution in [0.5, 0.6) is 5.75 Å². The summed E-state index contributed by atoms with van der Waals surface area (Å²) >= 11 is 9.47. The van der Waals surface area contributed by atoms with E-state index in [0.717, 1.165) is 10.0 Å². The van der Waals surface area contributed by atoms with Crippen LogP contribution in [-0.4, -0.2) is 55.2 Å². The predicted octanol–water partition coefficient (Wildman–Crippen LogP) is 4.79. The Kier molecular flexibility index (Phi) is 7.81. The third kappa shape index (κ3) is 6.83. The van der Waals surface area contributed by atoms with E-state index in [4.69, 9.17) is 20.8 Å². The van der Waals surface area contributed by atoms with E-state index in [2.05, 4.69) is 15.9 Å². The lowest BCUT2D eigenvalue weighted by Crippen LogP contribution is -2.42. The van der Waals surface area contributed by atoms with Crippen LogP contribution in [0.3, 0.4) is 0 Å². The third-order valence-corrected chi connectivity index (χ3v) is 8.07. The summed E-state index contributed by atoms with van der Waals surface area (Å²) in [5.74, 6) is 2.27. The molecule has 176 valence electrons. The molecule has 0 radical (unpaired) electrons. The SMILES string of the molecule is O=S1(=O)CCC(N(Cc2ccc(-c3cccc(Cl)c3)o2)CC(O)COc2ccc(Br)cc2)C1. The Morgan fingerprint density at radius 1 is 1.18 bits per heavy atom. The predicted molar refractivity (Wildman–Crippen MR) is 132 cm³/mol. The van der Waals surface area contributed by atoms with Crippen LogP contribution in [-0.2, 0) is 16.4 Å². The van der Waals surface area contributed by atoms with Gasteiger partial charge in [0.2, 0.25) is 0 Å². The first-order valence-corrected chi connectivity index (χ1v) is 13.6. The average Bonchev–Trinajstić information content (AvgIpc) is 3.39. The summed E-state index contributed by atoms with van der Waals surface area (Å²) in [6.07, 6.45) is -0.260. The van der Waals surface area contributed by atoms with E-state index < -0.39 is 15.9 Å². The largest absolute Gasteiger partial charge is 0.491 e.